The SMILES string of the molecule is CCC(C)C.COc1ccc([C@H](C)NC(=O)c2ccc3c(c2)N(C(=O)CN)C(C)CN3C2CC2)cc1. The van der Waals surface area contributed by atoms with Crippen LogP contribution in [0.3, 0.4) is 0 Å². The summed E-state index contributed by atoms with van der Waals surface area (Å²) < 4.78 is 5.20. The van der Waals surface area contributed by atoms with Crippen LogP contribution in [0, 0.1) is 5.92 Å². The van der Waals surface area contributed by atoms with E-state index in [9.17, 15) is 9.59 Å². The third-order valence-corrected chi connectivity index (χ3v) is 6.92. The van der Waals surface area contributed by atoms with Gasteiger partial charge in [-0.2, -0.15) is 0 Å². The van der Waals surface area contributed by atoms with Crippen molar-refractivity contribution in [1.29, 1.82) is 0 Å². The highest BCUT2D eigenvalue weighted by Gasteiger charge is 2.38. The molecule has 2 amide bonds. The largest absolute Gasteiger partial charge is 0.497 e. The number of nitrogens with two attached hydrogens (primary N) is 1. The van der Waals surface area contributed by atoms with Gasteiger partial charge in [0.2, 0.25) is 5.91 Å². The number of anilines is 2. The van der Waals surface area contributed by atoms with Gasteiger partial charge >= 0.3 is 0 Å². The van der Waals surface area contributed by atoms with Crippen molar-refractivity contribution in [1.82, 2.24) is 5.32 Å². The van der Waals surface area contributed by atoms with Crippen LogP contribution < -0.4 is 25.6 Å². The molecule has 0 aromatic heterocycles. The van der Waals surface area contributed by atoms with Crippen molar-refractivity contribution in [3.05, 3.63) is 53.6 Å². The summed E-state index contributed by atoms with van der Waals surface area (Å²) >= 11 is 0. The van der Waals surface area contributed by atoms with Crippen molar-refractivity contribution in [3.8, 4) is 5.75 Å². The predicted molar refractivity (Wildman–Crippen MR) is 147 cm³/mol. The number of benzene rings is 2. The van der Waals surface area contributed by atoms with E-state index in [2.05, 4.69) is 31.0 Å². The van der Waals surface area contributed by atoms with Gasteiger partial charge in [-0.1, -0.05) is 39.3 Å². The quantitative estimate of drug-likeness (QED) is 0.572. The van der Waals surface area contributed by atoms with Gasteiger partial charge in [-0.05, 0) is 68.5 Å². The molecule has 0 saturated heterocycles. The van der Waals surface area contributed by atoms with E-state index in [1.165, 1.54) is 19.3 Å². The molecule has 2 atom stereocenters. The minimum Gasteiger partial charge on any atom is -0.497 e. The Morgan fingerprint density at radius 3 is 2.25 bits per heavy atom. The normalized spacial score (nSPS) is 17.6. The van der Waals surface area contributed by atoms with E-state index in [1.54, 1.807) is 12.0 Å². The van der Waals surface area contributed by atoms with E-state index in [0.717, 1.165) is 35.2 Å². The van der Waals surface area contributed by atoms with Crippen LogP contribution in [0.5, 0.6) is 5.75 Å². The number of fused-ring (bicyclic) bond motifs is 1. The summed E-state index contributed by atoms with van der Waals surface area (Å²) in [6.07, 6.45) is 3.64. The minimum atomic E-state index is -0.178. The molecule has 3 N–H and O–H groups in total. The second-order valence-corrected chi connectivity index (χ2v) is 10.2. The van der Waals surface area contributed by atoms with Gasteiger partial charge in [-0.3, -0.25) is 9.59 Å². The molecule has 36 heavy (non-hydrogen) atoms. The van der Waals surface area contributed by atoms with Crippen molar-refractivity contribution in [2.75, 3.05) is 30.0 Å². The maximum atomic E-state index is 13.0. The van der Waals surface area contributed by atoms with Gasteiger partial charge in [0.15, 0.2) is 0 Å². The number of carbonyl (C=O) groups excluding carboxylic acids is 2. The Bertz CT molecular complexity index is 1030. The zero-order valence-corrected chi connectivity index (χ0v) is 22.6. The number of hydrogen-bond acceptors (Lipinski definition) is 5. The Morgan fingerprint density at radius 2 is 1.72 bits per heavy atom. The molecule has 1 unspecified atom stereocenters. The smallest absolute Gasteiger partial charge is 0.251 e. The molecule has 196 valence electrons. The summed E-state index contributed by atoms with van der Waals surface area (Å²) in [4.78, 5) is 29.7. The fraction of sp³-hybridized carbons (Fsp3) is 0.517. The lowest BCUT2D eigenvalue weighted by molar-refractivity contribution is -0.117. The number of hydrogen-bond donors (Lipinski definition) is 2. The molecule has 7 nitrogen and oxygen atoms in total. The van der Waals surface area contributed by atoms with Crippen LogP contribution in [-0.2, 0) is 4.79 Å². The molecule has 0 bridgehead atoms. The standard InChI is InChI=1S/C24H30N4O3.C5H12/c1-15-14-27(19-7-8-19)21-11-6-18(12-22(21)28(15)23(29)13-25)24(30)26-16(2)17-4-9-20(31-3)10-5-17;1-4-5(2)3/h4-6,9-12,15-16,19H,7-8,13-14,25H2,1-3H3,(H,26,30);5H,4H2,1-3H3/t15?,16-;/m0./s1. The zero-order chi connectivity index (χ0) is 26.4. The monoisotopic (exact) mass is 494 g/mol. The Labute approximate surface area is 216 Å². The first-order valence-corrected chi connectivity index (χ1v) is 13.1. The lowest BCUT2D eigenvalue weighted by Gasteiger charge is -2.42. The Morgan fingerprint density at radius 1 is 1.08 bits per heavy atom. The predicted octanol–water partition coefficient (Wildman–Crippen LogP) is 4.90. The molecule has 4 rings (SSSR count). The summed E-state index contributed by atoms with van der Waals surface area (Å²) in [5.41, 5.74) is 8.97. The second-order valence-electron chi connectivity index (χ2n) is 10.2. The molecule has 7 heteroatoms. The van der Waals surface area contributed by atoms with Gasteiger partial charge in [0.05, 0.1) is 37.1 Å². The number of amides is 2. The highest BCUT2D eigenvalue weighted by Crippen LogP contribution is 2.42. The molecule has 1 aliphatic heterocycles. The second kappa shape index (κ2) is 12.3. The van der Waals surface area contributed by atoms with Gasteiger partial charge in [-0.15, -0.1) is 0 Å². The van der Waals surface area contributed by atoms with Crippen molar-refractivity contribution in [2.45, 2.75) is 72.0 Å². The van der Waals surface area contributed by atoms with Gasteiger partial charge in [0, 0.05) is 18.2 Å². The maximum absolute atomic E-state index is 13.0. The average Bonchev–Trinajstić information content (AvgIpc) is 3.73. The van der Waals surface area contributed by atoms with Gasteiger partial charge in [0.25, 0.3) is 5.91 Å². The van der Waals surface area contributed by atoms with Crippen molar-refractivity contribution in [2.24, 2.45) is 11.7 Å². The topological polar surface area (TPSA) is 87.9 Å². The van der Waals surface area contributed by atoms with Crippen molar-refractivity contribution < 1.29 is 14.3 Å². The van der Waals surface area contributed by atoms with E-state index in [0.29, 0.717) is 11.6 Å². The van der Waals surface area contributed by atoms with E-state index < -0.39 is 0 Å². The van der Waals surface area contributed by atoms with Crippen LogP contribution in [0.4, 0.5) is 11.4 Å². The molecule has 0 radical (unpaired) electrons. The molecule has 2 aromatic rings. The van der Waals surface area contributed by atoms with E-state index >= 15 is 0 Å². The van der Waals surface area contributed by atoms with Gasteiger partial charge < -0.3 is 25.6 Å². The summed E-state index contributed by atoms with van der Waals surface area (Å²) in [7, 11) is 1.63. The first kappa shape index (κ1) is 27.5. The lowest BCUT2D eigenvalue weighted by Crippen LogP contribution is -2.52. The number of methoxy groups -OCH3 is 1. The Hall–Kier alpha value is -3.06. The third kappa shape index (κ3) is 6.58. The van der Waals surface area contributed by atoms with Crippen LogP contribution in [0.1, 0.15) is 75.8 Å². The van der Waals surface area contributed by atoms with Crippen LogP contribution in [0.25, 0.3) is 0 Å². The van der Waals surface area contributed by atoms with E-state index in [4.69, 9.17) is 10.5 Å². The summed E-state index contributed by atoms with van der Waals surface area (Å²) in [6, 6.07) is 13.6. The fourth-order valence-electron chi connectivity index (χ4n) is 4.27. The molecule has 1 aliphatic carbocycles. The first-order chi connectivity index (χ1) is 17.2. The molecule has 2 aliphatic rings. The zero-order valence-electron chi connectivity index (χ0n) is 22.6. The summed E-state index contributed by atoms with van der Waals surface area (Å²) in [5.74, 6) is 1.35. The Kier molecular flexibility index (Phi) is 9.37. The van der Waals surface area contributed by atoms with Gasteiger partial charge in [-0.25, -0.2) is 0 Å². The van der Waals surface area contributed by atoms with E-state index in [1.807, 2.05) is 56.3 Å². The molecular weight excluding hydrogens is 452 g/mol. The van der Waals surface area contributed by atoms with Crippen molar-refractivity contribution in [3.63, 3.8) is 0 Å². The third-order valence-electron chi connectivity index (χ3n) is 6.92. The summed E-state index contributed by atoms with van der Waals surface area (Å²) in [5, 5.41) is 3.05. The number of carbonyl (C=O) groups is 2. The summed E-state index contributed by atoms with van der Waals surface area (Å²) in [6.45, 7) is 11.3. The van der Waals surface area contributed by atoms with Gasteiger partial charge in [0.1, 0.15) is 5.75 Å². The minimum absolute atomic E-state index is 0.000633. The van der Waals surface area contributed by atoms with Crippen LogP contribution in [0.2, 0.25) is 0 Å². The number of nitrogens with one attached hydrogen (secondary N) is 1. The molecule has 1 heterocycles. The number of ether oxygens (including phenoxy) is 1. The lowest BCUT2D eigenvalue weighted by atomic mass is 10.0. The maximum Gasteiger partial charge on any atom is 0.251 e. The molecule has 1 fully saturated rings. The van der Waals surface area contributed by atoms with Crippen LogP contribution in [0.15, 0.2) is 42.5 Å². The number of nitrogens with zero attached hydrogens (tertiary/aromatic N) is 2. The fourth-order valence-corrected chi connectivity index (χ4v) is 4.27. The number of rotatable bonds is 7. The molecule has 0 spiro atoms. The molecule has 2 aromatic carbocycles. The molecule has 1 saturated carbocycles. The highest BCUT2D eigenvalue weighted by molar-refractivity contribution is 6.03. The molecular formula is C29H42N4O3. The average molecular weight is 495 g/mol. The van der Waals surface area contributed by atoms with Crippen LogP contribution in [-0.4, -0.2) is 44.1 Å². The van der Waals surface area contributed by atoms with Crippen LogP contribution >= 0.6 is 0 Å². The van der Waals surface area contributed by atoms with E-state index in [-0.39, 0.29) is 30.4 Å². The first-order valence-electron chi connectivity index (χ1n) is 13.1. The Balaban J connectivity index is 0.000000658. The van der Waals surface area contributed by atoms with Crippen molar-refractivity contribution >= 4 is 23.2 Å². The highest BCUT2D eigenvalue weighted by atomic mass is 16.5.